The maximum absolute atomic E-state index is 4.37. The fourth-order valence-electron chi connectivity index (χ4n) is 1.93. The highest BCUT2D eigenvalue weighted by Crippen LogP contribution is 2.04. The Morgan fingerprint density at radius 1 is 1.28 bits per heavy atom. The maximum Gasteiger partial charge on any atom is 0.109 e. The molecule has 18 heavy (non-hydrogen) atoms. The molecule has 0 radical (unpaired) electrons. The van der Waals surface area contributed by atoms with Crippen LogP contribution in [0.25, 0.3) is 0 Å². The van der Waals surface area contributed by atoms with Crippen molar-refractivity contribution in [3.05, 3.63) is 48.3 Å². The summed E-state index contributed by atoms with van der Waals surface area (Å²) in [5.74, 6) is 1.12. The minimum atomic E-state index is 0.438. The number of nitrogens with zero attached hydrogens (tertiary/aromatic N) is 3. The first-order chi connectivity index (χ1) is 8.79. The monoisotopic (exact) mass is 244 g/mol. The van der Waals surface area contributed by atoms with E-state index in [1.807, 2.05) is 43.8 Å². The molecule has 1 N–H and O–H groups in total. The Balaban J connectivity index is 1.88. The van der Waals surface area contributed by atoms with E-state index in [9.17, 15) is 0 Å². The number of rotatable bonds is 6. The van der Waals surface area contributed by atoms with Crippen LogP contribution in [-0.2, 0) is 20.0 Å². The van der Waals surface area contributed by atoms with Gasteiger partial charge in [0.25, 0.3) is 0 Å². The number of hydrogen-bond acceptors (Lipinski definition) is 3. The maximum atomic E-state index is 4.37. The van der Waals surface area contributed by atoms with Crippen LogP contribution in [-0.4, -0.2) is 20.6 Å². The third-order valence-corrected chi connectivity index (χ3v) is 3.14. The van der Waals surface area contributed by atoms with Gasteiger partial charge in [-0.2, -0.15) is 0 Å². The third-order valence-electron chi connectivity index (χ3n) is 3.14. The molecule has 4 heteroatoms. The largest absolute Gasteiger partial charge is 0.338 e. The lowest BCUT2D eigenvalue weighted by molar-refractivity contribution is 0.476. The average molecular weight is 244 g/mol. The van der Waals surface area contributed by atoms with Crippen molar-refractivity contribution in [2.45, 2.75) is 32.4 Å². The Labute approximate surface area is 108 Å². The fraction of sp³-hybridized carbons (Fsp3) is 0.429. The zero-order valence-electron chi connectivity index (χ0n) is 11.0. The van der Waals surface area contributed by atoms with Gasteiger partial charge in [-0.3, -0.25) is 4.98 Å². The van der Waals surface area contributed by atoms with Gasteiger partial charge in [-0.15, -0.1) is 0 Å². The average Bonchev–Trinajstić information content (AvgIpc) is 2.81. The molecule has 4 nitrogen and oxygen atoms in total. The van der Waals surface area contributed by atoms with Gasteiger partial charge in [0.15, 0.2) is 0 Å². The first kappa shape index (κ1) is 12.8. The predicted octanol–water partition coefficient (Wildman–Crippen LogP) is 1.93. The van der Waals surface area contributed by atoms with Crippen LogP contribution in [0.15, 0.2) is 36.8 Å². The van der Waals surface area contributed by atoms with Crippen molar-refractivity contribution in [3.8, 4) is 0 Å². The summed E-state index contributed by atoms with van der Waals surface area (Å²) in [6.45, 7) is 3.00. The van der Waals surface area contributed by atoms with Gasteiger partial charge in [0.1, 0.15) is 5.82 Å². The topological polar surface area (TPSA) is 42.7 Å². The van der Waals surface area contributed by atoms with Crippen LogP contribution in [0.5, 0.6) is 0 Å². The van der Waals surface area contributed by atoms with E-state index in [4.69, 9.17) is 0 Å². The summed E-state index contributed by atoms with van der Waals surface area (Å²) < 4.78 is 2.07. The smallest absolute Gasteiger partial charge is 0.109 e. The van der Waals surface area contributed by atoms with Crippen LogP contribution in [0, 0.1) is 0 Å². The van der Waals surface area contributed by atoms with Crippen LogP contribution in [0.2, 0.25) is 0 Å². The Kier molecular flexibility index (Phi) is 4.47. The second kappa shape index (κ2) is 6.31. The highest BCUT2D eigenvalue weighted by Gasteiger charge is 2.10. The van der Waals surface area contributed by atoms with Gasteiger partial charge in [-0.05, 0) is 18.6 Å². The summed E-state index contributed by atoms with van der Waals surface area (Å²) in [6, 6.07) is 6.44. The molecule has 2 aromatic rings. The number of hydrogen-bond donors (Lipinski definition) is 1. The Bertz CT molecular complexity index is 464. The summed E-state index contributed by atoms with van der Waals surface area (Å²) in [5.41, 5.74) is 1.08. The molecular formula is C14H20N4. The molecule has 0 amide bonds. The zero-order chi connectivity index (χ0) is 12.8. The Morgan fingerprint density at radius 2 is 2.17 bits per heavy atom. The first-order valence-electron chi connectivity index (χ1n) is 6.39. The van der Waals surface area contributed by atoms with Gasteiger partial charge in [0, 0.05) is 44.6 Å². The first-order valence-corrected chi connectivity index (χ1v) is 6.39. The van der Waals surface area contributed by atoms with Crippen molar-refractivity contribution < 1.29 is 0 Å². The number of imidazole rings is 1. The van der Waals surface area contributed by atoms with Gasteiger partial charge in [-0.1, -0.05) is 13.0 Å². The summed E-state index contributed by atoms with van der Waals surface area (Å²) >= 11 is 0. The molecule has 1 unspecified atom stereocenters. The van der Waals surface area contributed by atoms with Crippen molar-refractivity contribution in [2.75, 3.05) is 0 Å². The summed E-state index contributed by atoms with van der Waals surface area (Å²) in [6.07, 6.45) is 7.70. The molecule has 2 rings (SSSR count). The molecule has 0 saturated heterocycles. The second-order valence-corrected chi connectivity index (χ2v) is 4.47. The van der Waals surface area contributed by atoms with Crippen LogP contribution in [0.1, 0.15) is 24.9 Å². The molecule has 0 fully saturated rings. The number of aryl methyl sites for hydroxylation is 1. The van der Waals surface area contributed by atoms with Gasteiger partial charge in [-0.25, -0.2) is 4.98 Å². The molecule has 0 aliphatic rings. The SMILES string of the molecule is CCC(Cc1nccn1C)NCc1ccccn1. The lowest BCUT2D eigenvalue weighted by Crippen LogP contribution is -2.31. The lowest BCUT2D eigenvalue weighted by atomic mass is 10.1. The molecule has 0 aliphatic heterocycles. The number of pyridine rings is 1. The Morgan fingerprint density at radius 3 is 2.78 bits per heavy atom. The van der Waals surface area contributed by atoms with E-state index in [1.54, 1.807) is 0 Å². The molecule has 0 bridgehead atoms. The van der Waals surface area contributed by atoms with E-state index < -0.39 is 0 Å². The van der Waals surface area contributed by atoms with Crippen molar-refractivity contribution >= 4 is 0 Å². The highest BCUT2D eigenvalue weighted by molar-refractivity contribution is 5.03. The normalized spacial score (nSPS) is 12.6. The molecule has 0 aliphatic carbocycles. The fourth-order valence-corrected chi connectivity index (χ4v) is 1.93. The molecule has 0 saturated carbocycles. The molecule has 1 atom stereocenters. The minimum Gasteiger partial charge on any atom is -0.338 e. The molecule has 0 spiro atoms. The predicted molar refractivity (Wildman–Crippen MR) is 72.1 cm³/mol. The van der Waals surface area contributed by atoms with E-state index in [1.165, 1.54) is 0 Å². The second-order valence-electron chi connectivity index (χ2n) is 4.47. The van der Waals surface area contributed by atoms with Gasteiger partial charge in [0.05, 0.1) is 5.69 Å². The standard InChI is InChI=1S/C14H20N4/c1-3-12(10-14-16-8-9-18(14)2)17-11-13-6-4-5-7-15-13/h4-9,12,17H,3,10-11H2,1-2H3. The van der Waals surface area contributed by atoms with Crippen LogP contribution in [0.3, 0.4) is 0 Å². The van der Waals surface area contributed by atoms with Crippen molar-refractivity contribution in [2.24, 2.45) is 7.05 Å². The quantitative estimate of drug-likeness (QED) is 0.844. The molecule has 96 valence electrons. The van der Waals surface area contributed by atoms with E-state index in [-0.39, 0.29) is 0 Å². The minimum absolute atomic E-state index is 0.438. The van der Waals surface area contributed by atoms with E-state index >= 15 is 0 Å². The van der Waals surface area contributed by atoms with Gasteiger partial charge >= 0.3 is 0 Å². The molecule has 2 heterocycles. The molecule has 2 aromatic heterocycles. The van der Waals surface area contributed by atoms with Gasteiger partial charge < -0.3 is 9.88 Å². The van der Waals surface area contributed by atoms with E-state index in [2.05, 4.69) is 26.8 Å². The van der Waals surface area contributed by atoms with Crippen molar-refractivity contribution in [1.82, 2.24) is 19.9 Å². The van der Waals surface area contributed by atoms with Crippen LogP contribution >= 0.6 is 0 Å². The van der Waals surface area contributed by atoms with Crippen molar-refractivity contribution in [3.63, 3.8) is 0 Å². The van der Waals surface area contributed by atoms with Crippen molar-refractivity contribution in [1.29, 1.82) is 0 Å². The van der Waals surface area contributed by atoms with E-state index in [0.29, 0.717) is 6.04 Å². The van der Waals surface area contributed by atoms with Gasteiger partial charge in [0.2, 0.25) is 0 Å². The summed E-state index contributed by atoms with van der Waals surface area (Å²) in [5, 5.41) is 3.54. The summed E-state index contributed by atoms with van der Waals surface area (Å²) in [7, 11) is 2.04. The zero-order valence-corrected chi connectivity index (χ0v) is 11.0. The van der Waals surface area contributed by atoms with E-state index in [0.717, 1.165) is 30.9 Å². The summed E-state index contributed by atoms with van der Waals surface area (Å²) in [4.78, 5) is 8.68. The highest BCUT2D eigenvalue weighted by atomic mass is 15.0. The lowest BCUT2D eigenvalue weighted by Gasteiger charge is -2.16. The molecular weight excluding hydrogens is 224 g/mol. The Hall–Kier alpha value is -1.68. The van der Waals surface area contributed by atoms with Crippen LogP contribution in [0.4, 0.5) is 0 Å². The molecule has 0 aromatic carbocycles. The third kappa shape index (κ3) is 3.40. The number of aromatic nitrogens is 3. The number of nitrogens with one attached hydrogen (secondary N) is 1. The van der Waals surface area contributed by atoms with Crippen LogP contribution < -0.4 is 5.32 Å².